The number of imidazole rings is 1. The summed E-state index contributed by atoms with van der Waals surface area (Å²) in [6, 6.07) is 54.0. The van der Waals surface area contributed by atoms with Gasteiger partial charge in [-0.2, -0.15) is 0 Å². The maximum Gasteiger partial charge on any atom is 0.148 e. The van der Waals surface area contributed by atoms with Crippen molar-refractivity contribution in [1.29, 1.82) is 0 Å². The molecule has 2 heterocycles. The van der Waals surface area contributed by atoms with Gasteiger partial charge in [-0.3, -0.25) is 9.55 Å². The van der Waals surface area contributed by atoms with E-state index in [0.29, 0.717) is 11.4 Å². The molecule has 0 saturated carbocycles. The van der Waals surface area contributed by atoms with Gasteiger partial charge in [0.2, 0.25) is 0 Å². The van der Waals surface area contributed by atoms with Crippen molar-refractivity contribution >= 4 is 11.0 Å². The minimum atomic E-state index is -0.271. The van der Waals surface area contributed by atoms with E-state index < -0.39 is 0 Å². The van der Waals surface area contributed by atoms with Gasteiger partial charge in [-0.25, -0.2) is 4.98 Å². The van der Waals surface area contributed by atoms with E-state index in [-0.39, 0.29) is 37.6 Å². The average Bonchev–Trinajstić information content (AvgIpc) is 3.57. The SMILES string of the molecule is CC(C)(C)c1ccc(-n2c(-c3cccc(C(C)(C)C)c3O)nc3c(-c4[c-]c(-c5cc(-c6ccccc6)ccn5)ccc4)cccc32)c(-c2ccccc2)c1.[Pt]. The molecule has 276 valence electrons. The summed E-state index contributed by atoms with van der Waals surface area (Å²) in [4.78, 5) is 10.2. The number of pyridine rings is 1. The van der Waals surface area contributed by atoms with Crippen molar-refractivity contribution in [3.63, 3.8) is 0 Å². The second-order valence-corrected chi connectivity index (χ2v) is 16.0. The summed E-state index contributed by atoms with van der Waals surface area (Å²) < 4.78 is 2.23. The molecule has 55 heavy (non-hydrogen) atoms. The second-order valence-electron chi connectivity index (χ2n) is 16.0. The second kappa shape index (κ2) is 14.9. The van der Waals surface area contributed by atoms with E-state index >= 15 is 0 Å². The van der Waals surface area contributed by atoms with Crippen molar-refractivity contribution in [1.82, 2.24) is 14.5 Å². The number of fused-ring (bicyclic) bond motifs is 1. The Morgan fingerprint density at radius 2 is 1.22 bits per heavy atom. The summed E-state index contributed by atoms with van der Waals surface area (Å²) in [5, 5.41) is 12.0. The molecule has 8 aromatic rings. The maximum atomic E-state index is 12.0. The number of benzene rings is 6. The van der Waals surface area contributed by atoms with Crippen LogP contribution in [0.1, 0.15) is 52.7 Å². The van der Waals surface area contributed by atoms with Gasteiger partial charge >= 0.3 is 0 Å². The Bertz CT molecular complexity index is 2630. The molecule has 0 spiro atoms. The summed E-state index contributed by atoms with van der Waals surface area (Å²) >= 11 is 0. The monoisotopic (exact) mass is 897 g/mol. The van der Waals surface area contributed by atoms with Gasteiger partial charge in [-0.15, -0.1) is 29.8 Å². The van der Waals surface area contributed by atoms with Crippen LogP contribution in [0.3, 0.4) is 0 Å². The molecule has 8 rings (SSSR count). The molecule has 0 aliphatic heterocycles. The normalized spacial score (nSPS) is 11.7. The number of para-hydroxylation sites is 2. The van der Waals surface area contributed by atoms with Crippen LogP contribution < -0.4 is 0 Å². The zero-order valence-corrected chi connectivity index (χ0v) is 34.3. The summed E-state index contributed by atoms with van der Waals surface area (Å²) in [5.74, 6) is 0.920. The molecule has 0 atom stereocenters. The Labute approximate surface area is 338 Å². The molecule has 0 amide bonds. The van der Waals surface area contributed by atoms with Crippen molar-refractivity contribution in [3.8, 4) is 67.5 Å². The third-order valence-corrected chi connectivity index (χ3v) is 10.2. The molecule has 5 heteroatoms. The minimum Gasteiger partial charge on any atom is -0.507 e. The van der Waals surface area contributed by atoms with Gasteiger partial charge in [0, 0.05) is 38.5 Å². The van der Waals surface area contributed by atoms with Crippen LogP contribution in [-0.2, 0) is 31.9 Å². The van der Waals surface area contributed by atoms with E-state index in [1.165, 1.54) is 5.56 Å². The fourth-order valence-corrected chi connectivity index (χ4v) is 7.28. The van der Waals surface area contributed by atoms with Gasteiger partial charge in [0.1, 0.15) is 11.6 Å². The Morgan fingerprint density at radius 3 is 1.93 bits per heavy atom. The molecule has 4 nitrogen and oxygen atoms in total. The number of aromatic nitrogens is 3. The third kappa shape index (κ3) is 7.32. The molecule has 0 aliphatic rings. The van der Waals surface area contributed by atoms with Crippen molar-refractivity contribution in [2.24, 2.45) is 0 Å². The van der Waals surface area contributed by atoms with Crippen LogP contribution in [0.4, 0.5) is 0 Å². The number of aromatic hydroxyl groups is 1. The molecule has 0 bridgehead atoms. The van der Waals surface area contributed by atoms with Crippen LogP contribution >= 0.6 is 0 Å². The Hall–Kier alpha value is -5.57. The summed E-state index contributed by atoms with van der Waals surface area (Å²) in [7, 11) is 0. The largest absolute Gasteiger partial charge is 0.507 e. The minimum absolute atomic E-state index is 0. The Balaban J connectivity index is 0.00000465. The van der Waals surface area contributed by atoms with Crippen LogP contribution in [0.2, 0.25) is 0 Å². The molecule has 2 aromatic heterocycles. The summed E-state index contributed by atoms with van der Waals surface area (Å²) in [6.07, 6.45) is 1.86. The molecule has 0 fully saturated rings. The first kappa shape index (κ1) is 37.7. The number of phenols is 1. The molecule has 0 unspecified atom stereocenters. The number of phenolic OH excluding ortho intramolecular Hbond substituents is 1. The molecular weight excluding hydrogens is 854 g/mol. The molecule has 0 radical (unpaired) electrons. The third-order valence-electron chi connectivity index (χ3n) is 10.2. The average molecular weight is 898 g/mol. The first-order chi connectivity index (χ1) is 26.0. The van der Waals surface area contributed by atoms with Gasteiger partial charge in [0.25, 0.3) is 0 Å². The first-order valence-corrected chi connectivity index (χ1v) is 18.6. The molecule has 1 N–H and O–H groups in total. The maximum absolute atomic E-state index is 12.0. The number of hydrogen-bond acceptors (Lipinski definition) is 3. The van der Waals surface area contributed by atoms with Crippen molar-refractivity contribution < 1.29 is 26.2 Å². The molecular formula is C50H44N3OPt-. The number of hydrogen-bond donors (Lipinski definition) is 1. The van der Waals surface area contributed by atoms with Crippen LogP contribution in [0.25, 0.3) is 72.7 Å². The van der Waals surface area contributed by atoms with Crippen molar-refractivity contribution in [3.05, 3.63) is 169 Å². The predicted molar refractivity (Wildman–Crippen MR) is 224 cm³/mol. The van der Waals surface area contributed by atoms with E-state index in [1.807, 2.05) is 36.5 Å². The van der Waals surface area contributed by atoms with Gasteiger partial charge in [-0.05, 0) is 69.0 Å². The van der Waals surface area contributed by atoms with Gasteiger partial charge in [0.05, 0.1) is 22.3 Å². The summed E-state index contributed by atoms with van der Waals surface area (Å²) in [5.41, 5.74) is 13.3. The fraction of sp³-hybridized carbons (Fsp3) is 0.160. The Kier molecular flexibility index (Phi) is 10.2. The number of nitrogens with zero attached hydrogens (tertiary/aromatic N) is 3. The van der Waals surface area contributed by atoms with E-state index in [0.717, 1.165) is 66.9 Å². The van der Waals surface area contributed by atoms with Crippen molar-refractivity contribution in [2.75, 3.05) is 0 Å². The van der Waals surface area contributed by atoms with Gasteiger partial charge in [-0.1, -0.05) is 150 Å². The fourth-order valence-electron chi connectivity index (χ4n) is 7.28. The standard InChI is InChI=1S/C50H44N3O.Pt/c1-49(2,3)38-26-27-44(41(32-38)34-18-11-8-12-19-34)53-45-25-15-22-39(46(45)52-48(53)40-23-14-24-42(47(40)54)50(4,5)6)36-20-13-21-37(30-36)43-31-35(28-29-51-43)33-16-9-7-10-17-33;/h7-29,31-32,54H,1-6H3;/q-1;. The molecule has 6 aromatic carbocycles. The zero-order chi connectivity index (χ0) is 37.6. The van der Waals surface area contributed by atoms with Gasteiger partial charge in [0.15, 0.2) is 0 Å². The van der Waals surface area contributed by atoms with E-state index in [2.05, 4.69) is 167 Å². The van der Waals surface area contributed by atoms with Crippen LogP contribution in [0.15, 0.2) is 152 Å². The summed E-state index contributed by atoms with van der Waals surface area (Å²) in [6.45, 7) is 13.1. The van der Waals surface area contributed by atoms with Crippen LogP contribution in [-0.4, -0.2) is 19.6 Å². The number of rotatable bonds is 6. The smallest absolute Gasteiger partial charge is 0.148 e. The zero-order valence-electron chi connectivity index (χ0n) is 32.0. The van der Waals surface area contributed by atoms with E-state index in [1.54, 1.807) is 0 Å². The van der Waals surface area contributed by atoms with Crippen LogP contribution in [0.5, 0.6) is 5.75 Å². The first-order valence-electron chi connectivity index (χ1n) is 18.6. The van der Waals surface area contributed by atoms with Crippen molar-refractivity contribution in [2.45, 2.75) is 52.4 Å². The molecule has 0 aliphatic carbocycles. The van der Waals surface area contributed by atoms with Crippen LogP contribution in [0, 0.1) is 6.07 Å². The quantitative estimate of drug-likeness (QED) is 0.169. The molecule has 0 saturated heterocycles. The topological polar surface area (TPSA) is 50.9 Å². The Morgan fingerprint density at radius 1 is 0.564 bits per heavy atom. The van der Waals surface area contributed by atoms with Gasteiger partial charge < -0.3 is 5.11 Å². The predicted octanol–water partition coefficient (Wildman–Crippen LogP) is 12.9. The van der Waals surface area contributed by atoms with E-state index in [9.17, 15) is 5.11 Å². The van der Waals surface area contributed by atoms with E-state index in [4.69, 9.17) is 9.97 Å².